The number of nitrogen functional groups attached to an aromatic ring is 1. The Morgan fingerprint density at radius 1 is 1.40 bits per heavy atom. The number of pyridine rings is 1. The van der Waals surface area contributed by atoms with Crippen molar-refractivity contribution >= 4 is 40.6 Å². The third-order valence-corrected chi connectivity index (χ3v) is 4.44. The first kappa shape index (κ1) is 13.3. The Bertz CT molecular complexity index is 677. The van der Waals surface area contributed by atoms with Crippen LogP contribution in [-0.2, 0) is 0 Å². The first-order valence-corrected chi connectivity index (χ1v) is 7.47. The summed E-state index contributed by atoms with van der Waals surface area (Å²) in [4.78, 5) is 19.3. The Kier molecular flexibility index (Phi) is 3.54. The smallest absolute Gasteiger partial charge is 0.259 e. The molecule has 102 valence electrons. The standard InChI is InChI=1S/C14H12ClN3OS/c15-11-8-17-4-3-10(11)14(19)18-5-6-20-13-2-1-9(16)7-12(13)18/h1-4,7-8H,5-6,16H2. The van der Waals surface area contributed by atoms with E-state index in [1.165, 1.54) is 6.20 Å². The number of rotatable bonds is 1. The third-order valence-electron chi connectivity index (χ3n) is 3.09. The van der Waals surface area contributed by atoms with E-state index in [9.17, 15) is 4.79 Å². The summed E-state index contributed by atoms with van der Waals surface area (Å²) in [5.74, 6) is 0.732. The molecule has 1 aromatic carbocycles. The number of hydrogen-bond acceptors (Lipinski definition) is 4. The molecule has 1 aliphatic heterocycles. The van der Waals surface area contributed by atoms with E-state index >= 15 is 0 Å². The van der Waals surface area contributed by atoms with E-state index in [1.807, 2.05) is 18.2 Å². The molecular weight excluding hydrogens is 294 g/mol. The van der Waals surface area contributed by atoms with Crippen molar-refractivity contribution in [1.29, 1.82) is 0 Å². The molecule has 0 radical (unpaired) electrons. The molecule has 0 unspecified atom stereocenters. The maximum Gasteiger partial charge on any atom is 0.259 e. The fraction of sp³-hybridized carbons (Fsp3) is 0.143. The average Bonchev–Trinajstić information content (AvgIpc) is 2.46. The Labute approximate surface area is 125 Å². The molecule has 0 bridgehead atoms. The molecule has 0 saturated carbocycles. The minimum absolute atomic E-state index is 0.121. The quantitative estimate of drug-likeness (QED) is 0.823. The second-order valence-electron chi connectivity index (χ2n) is 4.39. The monoisotopic (exact) mass is 305 g/mol. The van der Waals surface area contributed by atoms with Crippen molar-refractivity contribution in [1.82, 2.24) is 4.98 Å². The van der Waals surface area contributed by atoms with Gasteiger partial charge in [0, 0.05) is 35.3 Å². The molecule has 2 heterocycles. The van der Waals surface area contributed by atoms with E-state index in [-0.39, 0.29) is 5.91 Å². The zero-order valence-electron chi connectivity index (χ0n) is 10.5. The first-order chi connectivity index (χ1) is 9.66. The lowest BCUT2D eigenvalue weighted by atomic mass is 10.2. The Balaban J connectivity index is 2.03. The van der Waals surface area contributed by atoms with Crippen LogP contribution in [0.3, 0.4) is 0 Å². The van der Waals surface area contributed by atoms with Gasteiger partial charge in [-0.25, -0.2) is 0 Å². The van der Waals surface area contributed by atoms with Crippen LogP contribution in [0.2, 0.25) is 5.02 Å². The minimum atomic E-state index is -0.121. The van der Waals surface area contributed by atoms with Crippen LogP contribution in [0.25, 0.3) is 0 Å². The summed E-state index contributed by atoms with van der Waals surface area (Å²) in [5.41, 5.74) is 7.78. The third kappa shape index (κ3) is 2.34. The highest BCUT2D eigenvalue weighted by Gasteiger charge is 2.25. The summed E-state index contributed by atoms with van der Waals surface area (Å²) in [6, 6.07) is 7.26. The molecule has 1 aliphatic rings. The Morgan fingerprint density at radius 3 is 3.05 bits per heavy atom. The lowest BCUT2D eigenvalue weighted by Crippen LogP contribution is -2.35. The SMILES string of the molecule is Nc1ccc2c(c1)N(C(=O)c1ccncc1Cl)CCS2. The highest BCUT2D eigenvalue weighted by atomic mass is 35.5. The second-order valence-corrected chi connectivity index (χ2v) is 5.93. The molecule has 4 nitrogen and oxygen atoms in total. The number of carbonyl (C=O) groups is 1. The first-order valence-electron chi connectivity index (χ1n) is 6.10. The summed E-state index contributed by atoms with van der Waals surface area (Å²) in [5, 5.41) is 0.362. The van der Waals surface area contributed by atoms with Crippen LogP contribution in [0.5, 0.6) is 0 Å². The number of amides is 1. The van der Waals surface area contributed by atoms with Crippen LogP contribution < -0.4 is 10.6 Å². The van der Waals surface area contributed by atoms with Crippen molar-refractivity contribution < 1.29 is 4.79 Å². The molecule has 2 aromatic rings. The normalized spacial score (nSPS) is 13.9. The Morgan fingerprint density at radius 2 is 2.25 bits per heavy atom. The molecule has 1 aromatic heterocycles. The van der Waals surface area contributed by atoms with Gasteiger partial charge in [-0.05, 0) is 24.3 Å². The lowest BCUT2D eigenvalue weighted by Gasteiger charge is -2.29. The number of thioether (sulfide) groups is 1. The van der Waals surface area contributed by atoms with Gasteiger partial charge in [-0.2, -0.15) is 0 Å². The molecule has 1 amide bonds. The summed E-state index contributed by atoms with van der Waals surface area (Å²) in [6.45, 7) is 0.638. The molecule has 0 aliphatic carbocycles. The van der Waals surface area contributed by atoms with E-state index in [0.717, 1.165) is 16.3 Å². The van der Waals surface area contributed by atoms with E-state index in [4.69, 9.17) is 17.3 Å². The van der Waals surface area contributed by atoms with Crippen LogP contribution in [0.4, 0.5) is 11.4 Å². The number of benzene rings is 1. The van der Waals surface area contributed by atoms with Gasteiger partial charge in [0.05, 0.1) is 16.3 Å². The predicted octanol–water partition coefficient (Wildman–Crippen LogP) is 3.07. The Hall–Kier alpha value is -1.72. The molecule has 2 N–H and O–H groups in total. The van der Waals surface area contributed by atoms with Gasteiger partial charge in [0.15, 0.2) is 0 Å². The molecule has 20 heavy (non-hydrogen) atoms. The maximum atomic E-state index is 12.7. The largest absolute Gasteiger partial charge is 0.399 e. The van der Waals surface area contributed by atoms with Gasteiger partial charge in [-0.3, -0.25) is 9.78 Å². The number of anilines is 2. The zero-order chi connectivity index (χ0) is 14.1. The van der Waals surface area contributed by atoms with Crippen molar-refractivity contribution in [3.8, 4) is 0 Å². The van der Waals surface area contributed by atoms with Crippen molar-refractivity contribution in [3.63, 3.8) is 0 Å². The van der Waals surface area contributed by atoms with Gasteiger partial charge >= 0.3 is 0 Å². The van der Waals surface area contributed by atoms with E-state index in [2.05, 4.69) is 4.98 Å². The van der Waals surface area contributed by atoms with Crippen molar-refractivity contribution in [2.75, 3.05) is 22.9 Å². The maximum absolute atomic E-state index is 12.7. The molecular formula is C14H12ClN3OS. The molecule has 3 rings (SSSR count). The van der Waals surface area contributed by atoms with Crippen LogP contribution in [0, 0.1) is 0 Å². The van der Waals surface area contributed by atoms with Gasteiger partial charge in [-0.15, -0.1) is 11.8 Å². The second kappa shape index (κ2) is 5.34. The molecule has 0 atom stereocenters. The summed E-state index contributed by atoms with van der Waals surface area (Å²) in [6.07, 6.45) is 3.05. The zero-order valence-corrected chi connectivity index (χ0v) is 12.1. The minimum Gasteiger partial charge on any atom is -0.399 e. The van der Waals surface area contributed by atoms with Crippen LogP contribution in [-0.4, -0.2) is 23.2 Å². The van der Waals surface area contributed by atoms with Crippen LogP contribution >= 0.6 is 23.4 Å². The average molecular weight is 306 g/mol. The van der Waals surface area contributed by atoms with E-state index in [0.29, 0.717) is 22.8 Å². The number of hydrogen-bond donors (Lipinski definition) is 1. The highest BCUT2D eigenvalue weighted by Crippen LogP contribution is 2.37. The van der Waals surface area contributed by atoms with Gasteiger partial charge in [0.1, 0.15) is 0 Å². The number of halogens is 1. The van der Waals surface area contributed by atoms with Crippen molar-refractivity contribution in [3.05, 3.63) is 47.2 Å². The van der Waals surface area contributed by atoms with Gasteiger partial charge in [0.25, 0.3) is 5.91 Å². The number of fused-ring (bicyclic) bond motifs is 1. The fourth-order valence-corrected chi connectivity index (χ4v) is 3.31. The van der Waals surface area contributed by atoms with E-state index in [1.54, 1.807) is 28.9 Å². The van der Waals surface area contributed by atoms with Crippen LogP contribution in [0.15, 0.2) is 41.6 Å². The number of carbonyl (C=O) groups excluding carboxylic acids is 1. The number of nitrogens with two attached hydrogens (primary N) is 1. The summed E-state index contributed by atoms with van der Waals surface area (Å²) >= 11 is 7.78. The highest BCUT2D eigenvalue weighted by molar-refractivity contribution is 7.99. The van der Waals surface area contributed by atoms with Crippen molar-refractivity contribution in [2.45, 2.75) is 4.90 Å². The molecule has 6 heteroatoms. The number of nitrogens with zero attached hydrogens (tertiary/aromatic N) is 2. The molecule has 0 spiro atoms. The summed E-state index contributed by atoms with van der Waals surface area (Å²) in [7, 11) is 0. The fourth-order valence-electron chi connectivity index (χ4n) is 2.14. The van der Waals surface area contributed by atoms with Gasteiger partial charge in [-0.1, -0.05) is 11.6 Å². The van der Waals surface area contributed by atoms with E-state index < -0.39 is 0 Å². The van der Waals surface area contributed by atoms with Gasteiger partial charge in [0.2, 0.25) is 0 Å². The predicted molar refractivity (Wildman–Crippen MR) is 82.5 cm³/mol. The van der Waals surface area contributed by atoms with Gasteiger partial charge < -0.3 is 10.6 Å². The lowest BCUT2D eigenvalue weighted by molar-refractivity contribution is 0.0988. The molecule has 0 saturated heterocycles. The number of aromatic nitrogens is 1. The van der Waals surface area contributed by atoms with Crippen LogP contribution in [0.1, 0.15) is 10.4 Å². The summed E-state index contributed by atoms with van der Waals surface area (Å²) < 4.78 is 0. The van der Waals surface area contributed by atoms with Crippen molar-refractivity contribution in [2.24, 2.45) is 0 Å². The molecule has 0 fully saturated rings. The topological polar surface area (TPSA) is 59.2 Å².